The first-order valence-corrected chi connectivity index (χ1v) is 10.5. The molecule has 1 N–H and O–H groups in total. The normalized spacial score (nSPS) is 15.1. The Morgan fingerprint density at radius 2 is 2.07 bits per heavy atom. The second-order valence-electron chi connectivity index (χ2n) is 6.40. The maximum Gasteiger partial charge on any atom is 0.281 e. The molecule has 29 heavy (non-hydrogen) atoms. The molecule has 0 bridgehead atoms. The van der Waals surface area contributed by atoms with Crippen LogP contribution in [0.5, 0.6) is 5.75 Å². The lowest BCUT2D eigenvalue weighted by atomic mass is 10.1. The highest BCUT2D eigenvalue weighted by Crippen LogP contribution is 2.28. The highest BCUT2D eigenvalue weighted by molar-refractivity contribution is 7.80. The summed E-state index contributed by atoms with van der Waals surface area (Å²) >= 11 is 12.9. The number of anilines is 1. The van der Waals surface area contributed by atoms with Crippen LogP contribution in [0.2, 0.25) is 5.02 Å². The van der Waals surface area contributed by atoms with E-state index in [4.69, 9.17) is 28.6 Å². The van der Waals surface area contributed by atoms with E-state index < -0.39 is 0 Å². The summed E-state index contributed by atoms with van der Waals surface area (Å²) < 4.78 is 5.71. The number of thiocarbonyl (C=S) groups is 1. The van der Waals surface area contributed by atoms with Crippen molar-refractivity contribution in [3.63, 3.8) is 0 Å². The molecule has 1 fully saturated rings. The number of hydrogen-bond acceptors (Lipinski definition) is 5. The molecule has 1 aromatic heterocycles. The fraction of sp³-hybridized carbons (Fsp3) is 0.0952. The van der Waals surface area contributed by atoms with Crippen molar-refractivity contribution in [2.45, 2.75) is 13.5 Å². The number of carbonyl (C=O) groups is 1. The van der Waals surface area contributed by atoms with Crippen molar-refractivity contribution in [1.82, 2.24) is 10.3 Å². The van der Waals surface area contributed by atoms with Crippen LogP contribution >= 0.6 is 35.2 Å². The van der Waals surface area contributed by atoms with Crippen LogP contribution in [0.4, 0.5) is 5.69 Å². The van der Waals surface area contributed by atoms with E-state index in [2.05, 4.69) is 10.3 Å². The van der Waals surface area contributed by atoms with Crippen molar-refractivity contribution in [3.05, 3.63) is 80.9 Å². The van der Waals surface area contributed by atoms with Crippen LogP contribution in [0.25, 0.3) is 6.08 Å². The number of nitrogens with one attached hydrogen (secondary N) is 1. The topological polar surface area (TPSA) is 54.5 Å². The van der Waals surface area contributed by atoms with E-state index in [-0.39, 0.29) is 5.91 Å². The van der Waals surface area contributed by atoms with Gasteiger partial charge < -0.3 is 10.1 Å². The van der Waals surface area contributed by atoms with Crippen LogP contribution in [-0.2, 0) is 11.4 Å². The summed E-state index contributed by atoms with van der Waals surface area (Å²) in [6, 6.07) is 12.8. The Kier molecular flexibility index (Phi) is 5.62. The Morgan fingerprint density at radius 1 is 1.28 bits per heavy atom. The van der Waals surface area contributed by atoms with Crippen molar-refractivity contribution in [2.75, 3.05) is 4.90 Å². The first-order chi connectivity index (χ1) is 14.0. The minimum Gasteiger partial charge on any atom is -0.487 e. The number of aromatic nitrogens is 1. The number of rotatable bonds is 5. The van der Waals surface area contributed by atoms with E-state index >= 15 is 0 Å². The van der Waals surface area contributed by atoms with E-state index in [1.165, 1.54) is 16.2 Å². The van der Waals surface area contributed by atoms with Crippen LogP contribution in [0.15, 0.2) is 59.1 Å². The van der Waals surface area contributed by atoms with Crippen LogP contribution in [0.3, 0.4) is 0 Å². The second-order valence-corrected chi connectivity index (χ2v) is 7.94. The molecule has 5 nitrogen and oxygen atoms in total. The van der Waals surface area contributed by atoms with Gasteiger partial charge in [-0.05, 0) is 66.7 Å². The van der Waals surface area contributed by atoms with Gasteiger partial charge in [0.1, 0.15) is 18.1 Å². The van der Waals surface area contributed by atoms with Crippen molar-refractivity contribution >= 4 is 57.9 Å². The molecule has 3 aromatic rings. The number of halogens is 1. The van der Waals surface area contributed by atoms with Crippen molar-refractivity contribution < 1.29 is 9.53 Å². The van der Waals surface area contributed by atoms with Gasteiger partial charge in [0, 0.05) is 10.4 Å². The molecule has 1 saturated heterocycles. The number of ether oxygens (including phenoxy) is 1. The molecule has 0 radical (unpaired) electrons. The van der Waals surface area contributed by atoms with E-state index in [9.17, 15) is 4.79 Å². The highest BCUT2D eigenvalue weighted by atomic mass is 35.5. The number of benzene rings is 2. The average molecular weight is 442 g/mol. The minimum absolute atomic E-state index is 0.204. The van der Waals surface area contributed by atoms with Gasteiger partial charge in [0.15, 0.2) is 5.11 Å². The quantitative estimate of drug-likeness (QED) is 0.448. The number of amides is 1. The Balaban J connectivity index is 1.49. The van der Waals surface area contributed by atoms with E-state index in [1.807, 2.05) is 36.6 Å². The highest BCUT2D eigenvalue weighted by Gasteiger charge is 2.32. The molecule has 4 rings (SSSR count). The standard InChI is InChI=1S/C21H16ClN3O2S2/c1-13-8-15(22)4-7-19(13)25-20(26)18(24-21(25)28)9-14-2-5-17(6-3-14)27-10-16-11-29-12-23-16/h2-9,11-12H,10H2,1H3,(H,24,28)/b18-9+. The first-order valence-electron chi connectivity index (χ1n) is 8.74. The monoisotopic (exact) mass is 441 g/mol. The maximum absolute atomic E-state index is 12.9. The molecule has 1 aliphatic heterocycles. The molecule has 146 valence electrons. The summed E-state index contributed by atoms with van der Waals surface area (Å²) in [5, 5.41) is 5.91. The van der Waals surface area contributed by atoms with Gasteiger partial charge in [-0.15, -0.1) is 11.3 Å². The van der Waals surface area contributed by atoms with Gasteiger partial charge >= 0.3 is 0 Å². The maximum atomic E-state index is 12.9. The van der Waals surface area contributed by atoms with Gasteiger partial charge in [-0.1, -0.05) is 23.7 Å². The molecule has 0 saturated carbocycles. The van der Waals surface area contributed by atoms with Crippen LogP contribution in [-0.4, -0.2) is 16.0 Å². The van der Waals surface area contributed by atoms with Gasteiger partial charge in [0.25, 0.3) is 5.91 Å². The number of nitrogens with zero attached hydrogens (tertiary/aromatic N) is 2. The number of carbonyl (C=O) groups excluding carboxylic acids is 1. The Morgan fingerprint density at radius 3 is 2.76 bits per heavy atom. The van der Waals surface area contributed by atoms with E-state index in [1.54, 1.807) is 29.8 Å². The summed E-state index contributed by atoms with van der Waals surface area (Å²) in [6.07, 6.45) is 1.77. The third-order valence-electron chi connectivity index (χ3n) is 4.34. The molecule has 0 unspecified atom stereocenters. The summed E-state index contributed by atoms with van der Waals surface area (Å²) in [7, 11) is 0. The lowest BCUT2D eigenvalue weighted by molar-refractivity contribution is -0.113. The molecule has 0 aliphatic carbocycles. The fourth-order valence-corrected chi connectivity index (χ4v) is 3.98. The number of hydrogen-bond donors (Lipinski definition) is 1. The smallest absolute Gasteiger partial charge is 0.281 e. The van der Waals surface area contributed by atoms with Gasteiger partial charge in [0.05, 0.1) is 16.9 Å². The zero-order valence-corrected chi connectivity index (χ0v) is 17.8. The van der Waals surface area contributed by atoms with Gasteiger partial charge in [-0.25, -0.2) is 4.98 Å². The SMILES string of the molecule is Cc1cc(Cl)ccc1N1C(=O)/C(=C\c2ccc(OCc3cscn3)cc2)NC1=S. The average Bonchev–Trinajstić information content (AvgIpc) is 3.31. The molecule has 0 atom stereocenters. The predicted octanol–water partition coefficient (Wildman–Crippen LogP) is 4.95. The summed E-state index contributed by atoms with van der Waals surface area (Å²) in [4.78, 5) is 18.6. The molecule has 2 aromatic carbocycles. The predicted molar refractivity (Wildman–Crippen MR) is 120 cm³/mol. The van der Waals surface area contributed by atoms with Gasteiger partial charge in [0.2, 0.25) is 0 Å². The number of aryl methyl sites for hydroxylation is 1. The lowest BCUT2D eigenvalue weighted by Gasteiger charge is -2.16. The third-order valence-corrected chi connectivity index (χ3v) is 5.49. The Hall–Kier alpha value is -2.74. The molecular weight excluding hydrogens is 426 g/mol. The zero-order valence-electron chi connectivity index (χ0n) is 15.4. The summed E-state index contributed by atoms with van der Waals surface area (Å²) in [6.45, 7) is 2.32. The van der Waals surface area contributed by atoms with Crippen LogP contribution in [0, 0.1) is 6.92 Å². The largest absolute Gasteiger partial charge is 0.487 e. The molecule has 1 amide bonds. The van der Waals surface area contributed by atoms with Crippen molar-refractivity contribution in [1.29, 1.82) is 0 Å². The van der Waals surface area contributed by atoms with Gasteiger partial charge in [-0.2, -0.15) is 0 Å². The molecular formula is C21H16ClN3O2S2. The van der Waals surface area contributed by atoms with E-state index in [0.717, 1.165) is 22.6 Å². The fourth-order valence-electron chi connectivity index (χ4n) is 2.92. The third kappa shape index (κ3) is 4.32. The molecule has 8 heteroatoms. The Bertz CT molecular complexity index is 1100. The van der Waals surface area contributed by atoms with Crippen molar-refractivity contribution in [3.8, 4) is 5.75 Å². The van der Waals surface area contributed by atoms with Crippen LogP contribution < -0.4 is 15.0 Å². The molecule has 1 aliphatic rings. The minimum atomic E-state index is -0.204. The first kappa shape index (κ1) is 19.6. The van der Waals surface area contributed by atoms with Crippen LogP contribution in [0.1, 0.15) is 16.8 Å². The van der Waals surface area contributed by atoms with Gasteiger partial charge in [-0.3, -0.25) is 9.69 Å². The second kappa shape index (κ2) is 8.32. The molecule has 2 heterocycles. The Labute approximate surface area is 182 Å². The lowest BCUT2D eigenvalue weighted by Crippen LogP contribution is -2.30. The zero-order chi connectivity index (χ0) is 20.4. The summed E-state index contributed by atoms with van der Waals surface area (Å²) in [5.74, 6) is 0.532. The number of thiazole rings is 1. The van der Waals surface area contributed by atoms with E-state index in [0.29, 0.717) is 28.1 Å². The summed E-state index contributed by atoms with van der Waals surface area (Å²) in [5.41, 5.74) is 5.54. The van der Waals surface area contributed by atoms with Crippen molar-refractivity contribution in [2.24, 2.45) is 0 Å². The molecule has 0 spiro atoms.